The second-order valence-corrected chi connectivity index (χ2v) is 7.83. The van der Waals surface area contributed by atoms with Crippen molar-refractivity contribution in [2.24, 2.45) is 0 Å². The maximum Gasteiger partial charge on any atom is 0.240 e. The molecule has 2 atom stereocenters. The molecular weight excluding hydrogens is 401 g/mol. The van der Waals surface area contributed by atoms with Crippen LogP contribution in [-0.2, 0) is 11.2 Å². The Balaban J connectivity index is 1.66. The van der Waals surface area contributed by atoms with Crippen molar-refractivity contribution in [3.63, 3.8) is 0 Å². The van der Waals surface area contributed by atoms with Crippen molar-refractivity contribution in [2.45, 2.75) is 29.8 Å². The maximum absolute atomic E-state index is 13.1. The number of amides is 1. The maximum atomic E-state index is 13.1. The summed E-state index contributed by atoms with van der Waals surface area (Å²) in [6, 6.07) is 12.7. The highest BCUT2D eigenvalue weighted by molar-refractivity contribution is 8.00. The number of hydrogen-bond acceptors (Lipinski definition) is 5. The number of nitrogens with one attached hydrogen (secondary N) is 2. The van der Waals surface area contributed by atoms with Crippen molar-refractivity contribution in [1.29, 1.82) is 0 Å². The Bertz CT molecular complexity index is 993. The minimum atomic E-state index is -0.507. The normalized spacial score (nSPS) is 18.2. The Labute approximate surface area is 170 Å². The van der Waals surface area contributed by atoms with Crippen LogP contribution >= 0.6 is 23.4 Å². The molecule has 2 heterocycles. The Kier molecular flexibility index (Phi) is 5.23. The average Bonchev–Trinajstić information content (AvgIpc) is 3.11. The molecule has 1 aliphatic rings. The van der Waals surface area contributed by atoms with Gasteiger partial charge in [0.15, 0.2) is 5.82 Å². The monoisotopic (exact) mass is 417 g/mol. The third-order valence-corrected chi connectivity index (χ3v) is 5.89. The summed E-state index contributed by atoms with van der Waals surface area (Å²) in [4.78, 5) is 13.0. The van der Waals surface area contributed by atoms with E-state index in [9.17, 15) is 9.18 Å². The highest BCUT2D eigenvalue weighted by Gasteiger charge is 2.37. The van der Waals surface area contributed by atoms with Gasteiger partial charge in [0.05, 0.1) is 6.04 Å². The molecule has 3 aromatic rings. The number of anilines is 1. The molecule has 4 rings (SSSR count). The first kappa shape index (κ1) is 18.8. The van der Waals surface area contributed by atoms with E-state index in [2.05, 4.69) is 20.9 Å². The molecule has 0 bridgehead atoms. The number of carbonyl (C=O) groups excluding carboxylic acids is 1. The molecule has 0 saturated carbocycles. The van der Waals surface area contributed by atoms with Crippen LogP contribution in [0.1, 0.15) is 24.4 Å². The zero-order valence-corrected chi connectivity index (χ0v) is 16.5. The second-order valence-electron chi connectivity index (χ2n) is 6.28. The quantitative estimate of drug-likeness (QED) is 0.670. The first-order chi connectivity index (χ1) is 13.5. The number of benzene rings is 2. The summed E-state index contributed by atoms with van der Waals surface area (Å²) in [5.41, 5.74) is 4.81. The van der Waals surface area contributed by atoms with Crippen molar-refractivity contribution >= 4 is 35.0 Å². The Morgan fingerprint density at radius 2 is 1.93 bits per heavy atom. The van der Waals surface area contributed by atoms with E-state index in [-0.39, 0.29) is 17.8 Å². The van der Waals surface area contributed by atoms with Crippen molar-refractivity contribution in [3.05, 3.63) is 70.8 Å². The topological polar surface area (TPSA) is 71.8 Å². The van der Waals surface area contributed by atoms with Crippen LogP contribution in [0.5, 0.6) is 0 Å². The average molecular weight is 418 g/mol. The van der Waals surface area contributed by atoms with Crippen LogP contribution in [0, 0.1) is 5.82 Å². The molecule has 0 radical (unpaired) electrons. The van der Waals surface area contributed by atoms with Gasteiger partial charge in [0.25, 0.3) is 0 Å². The van der Waals surface area contributed by atoms with Gasteiger partial charge in [0.1, 0.15) is 11.1 Å². The third-order valence-electron chi connectivity index (χ3n) is 4.42. The van der Waals surface area contributed by atoms with E-state index in [0.717, 1.165) is 11.4 Å². The van der Waals surface area contributed by atoms with E-state index in [0.29, 0.717) is 22.3 Å². The van der Waals surface area contributed by atoms with Crippen LogP contribution in [0.15, 0.2) is 53.7 Å². The standard InChI is InChI=1S/C19H17ClFN5OS/c1-2-15-23-24-19-26(15)25-16(11-3-5-12(20)6-4-11)17(28-19)18(27)22-14-9-7-13(21)8-10-14/h3-10,16-17,25H,2H2,1H3,(H,22,27)/t16-,17-/m0/s1. The molecule has 1 amide bonds. The Hall–Kier alpha value is -2.58. The first-order valence-corrected chi connectivity index (χ1v) is 10.0. The van der Waals surface area contributed by atoms with Gasteiger partial charge in [0.2, 0.25) is 11.1 Å². The lowest BCUT2D eigenvalue weighted by Gasteiger charge is -2.33. The summed E-state index contributed by atoms with van der Waals surface area (Å²) in [5, 5.41) is 12.0. The highest BCUT2D eigenvalue weighted by Crippen LogP contribution is 2.37. The molecule has 0 unspecified atom stereocenters. The molecule has 28 heavy (non-hydrogen) atoms. The van der Waals surface area contributed by atoms with Crippen molar-refractivity contribution in [2.75, 3.05) is 10.7 Å². The predicted octanol–water partition coefficient (Wildman–Crippen LogP) is 4.03. The van der Waals surface area contributed by atoms with E-state index < -0.39 is 5.25 Å². The second kappa shape index (κ2) is 7.81. The highest BCUT2D eigenvalue weighted by atomic mass is 35.5. The molecule has 144 valence electrons. The zero-order chi connectivity index (χ0) is 19.7. The fourth-order valence-corrected chi connectivity index (χ4v) is 4.22. The summed E-state index contributed by atoms with van der Waals surface area (Å²) < 4.78 is 15.0. The summed E-state index contributed by atoms with van der Waals surface area (Å²) in [6.07, 6.45) is 0.709. The van der Waals surface area contributed by atoms with Gasteiger partial charge >= 0.3 is 0 Å². The number of aromatic nitrogens is 3. The summed E-state index contributed by atoms with van der Waals surface area (Å²) >= 11 is 7.36. The lowest BCUT2D eigenvalue weighted by atomic mass is 10.0. The van der Waals surface area contributed by atoms with Crippen molar-refractivity contribution in [1.82, 2.24) is 14.9 Å². The first-order valence-electron chi connectivity index (χ1n) is 8.74. The fraction of sp³-hybridized carbons (Fsp3) is 0.211. The summed E-state index contributed by atoms with van der Waals surface area (Å²) in [6.45, 7) is 1.99. The van der Waals surface area contributed by atoms with Crippen LogP contribution < -0.4 is 10.7 Å². The molecule has 2 N–H and O–H groups in total. The van der Waals surface area contributed by atoms with Crippen LogP contribution in [-0.4, -0.2) is 26.0 Å². The van der Waals surface area contributed by atoms with Gasteiger partial charge in [-0.25, -0.2) is 9.07 Å². The number of nitrogens with zero attached hydrogens (tertiary/aromatic N) is 3. The van der Waals surface area contributed by atoms with E-state index in [1.165, 1.54) is 36.0 Å². The molecule has 0 spiro atoms. The van der Waals surface area contributed by atoms with Crippen LogP contribution in [0.3, 0.4) is 0 Å². The summed E-state index contributed by atoms with van der Waals surface area (Å²) in [5.74, 6) is 0.223. The predicted molar refractivity (Wildman–Crippen MR) is 108 cm³/mol. The largest absolute Gasteiger partial charge is 0.325 e. The lowest BCUT2D eigenvalue weighted by molar-refractivity contribution is -0.116. The fourth-order valence-electron chi connectivity index (χ4n) is 2.99. The van der Waals surface area contributed by atoms with Crippen LogP contribution in [0.2, 0.25) is 5.02 Å². The zero-order valence-electron chi connectivity index (χ0n) is 14.9. The molecule has 9 heteroatoms. The Morgan fingerprint density at radius 3 is 2.61 bits per heavy atom. The lowest BCUT2D eigenvalue weighted by Crippen LogP contribution is -2.41. The number of carbonyl (C=O) groups is 1. The number of fused-ring (bicyclic) bond motifs is 1. The molecular formula is C19H17ClFN5OS. The molecule has 6 nitrogen and oxygen atoms in total. The van der Waals surface area contributed by atoms with Gasteiger partial charge in [-0.15, -0.1) is 10.2 Å². The molecule has 2 aromatic carbocycles. The van der Waals surface area contributed by atoms with E-state index in [4.69, 9.17) is 11.6 Å². The van der Waals surface area contributed by atoms with Gasteiger partial charge in [-0.1, -0.05) is 42.4 Å². The third kappa shape index (κ3) is 3.70. The minimum absolute atomic E-state index is 0.212. The number of hydrogen-bond donors (Lipinski definition) is 2. The number of aryl methyl sites for hydroxylation is 1. The van der Waals surface area contributed by atoms with E-state index >= 15 is 0 Å². The van der Waals surface area contributed by atoms with Gasteiger partial charge < -0.3 is 10.7 Å². The molecule has 0 saturated heterocycles. The number of halogens is 2. The van der Waals surface area contributed by atoms with Gasteiger partial charge in [0, 0.05) is 17.1 Å². The van der Waals surface area contributed by atoms with Gasteiger partial charge in [-0.3, -0.25) is 4.79 Å². The number of rotatable bonds is 4. The Morgan fingerprint density at radius 1 is 1.21 bits per heavy atom. The summed E-state index contributed by atoms with van der Waals surface area (Å²) in [7, 11) is 0. The molecule has 1 aromatic heterocycles. The van der Waals surface area contributed by atoms with Crippen LogP contribution in [0.25, 0.3) is 0 Å². The van der Waals surface area contributed by atoms with Gasteiger partial charge in [-0.05, 0) is 42.0 Å². The number of thioether (sulfide) groups is 1. The van der Waals surface area contributed by atoms with Gasteiger partial charge in [-0.2, -0.15) is 0 Å². The van der Waals surface area contributed by atoms with Crippen molar-refractivity contribution < 1.29 is 9.18 Å². The van der Waals surface area contributed by atoms with Crippen LogP contribution in [0.4, 0.5) is 10.1 Å². The smallest absolute Gasteiger partial charge is 0.240 e. The van der Waals surface area contributed by atoms with Crippen molar-refractivity contribution in [3.8, 4) is 0 Å². The SMILES string of the molecule is CCc1nnc2n1N[C@@H](c1ccc(Cl)cc1)[C@@H](C(=O)Nc1ccc(F)cc1)S2. The molecule has 1 aliphatic heterocycles. The van der Waals surface area contributed by atoms with E-state index in [1.807, 2.05) is 23.7 Å². The molecule has 0 fully saturated rings. The molecule has 0 aliphatic carbocycles. The minimum Gasteiger partial charge on any atom is -0.325 e. The van der Waals surface area contributed by atoms with E-state index in [1.54, 1.807) is 12.1 Å².